The predicted molar refractivity (Wildman–Crippen MR) is 159 cm³/mol. The van der Waals surface area contributed by atoms with Crippen LogP contribution in [0.15, 0.2) is 96.6 Å². The lowest BCUT2D eigenvalue weighted by atomic mass is 10.1. The number of methoxy groups -OCH3 is 1. The molecule has 0 aliphatic heterocycles. The topological polar surface area (TPSA) is 89.8 Å². The van der Waals surface area contributed by atoms with Crippen molar-refractivity contribution in [2.75, 3.05) is 19.0 Å². The van der Waals surface area contributed by atoms with Gasteiger partial charge < -0.3 is 24.3 Å². The lowest BCUT2D eigenvalue weighted by Crippen LogP contribution is -2.13. The van der Waals surface area contributed by atoms with Crippen molar-refractivity contribution in [3.8, 4) is 29.1 Å². The van der Waals surface area contributed by atoms with Crippen LogP contribution in [-0.4, -0.2) is 19.6 Å². The number of rotatable bonds is 12. The van der Waals surface area contributed by atoms with Gasteiger partial charge in [-0.2, -0.15) is 5.26 Å². The molecule has 0 aromatic heterocycles. The Kier molecular flexibility index (Phi) is 10.2. The van der Waals surface area contributed by atoms with Crippen LogP contribution < -0.4 is 24.3 Å². The molecule has 0 saturated heterocycles. The van der Waals surface area contributed by atoms with Crippen molar-refractivity contribution in [2.45, 2.75) is 20.1 Å². The molecule has 4 rings (SSSR count). The predicted octanol–water partition coefficient (Wildman–Crippen LogP) is 7.45. The second kappa shape index (κ2) is 14.5. The number of nitrogens with zero attached hydrogens (tertiary/aromatic N) is 1. The summed E-state index contributed by atoms with van der Waals surface area (Å²) < 4.78 is 23.0. The van der Waals surface area contributed by atoms with E-state index in [1.807, 2.05) is 61.5 Å². The fourth-order valence-electron chi connectivity index (χ4n) is 3.87. The van der Waals surface area contributed by atoms with Crippen LogP contribution in [0.1, 0.15) is 23.6 Å². The number of amides is 1. The van der Waals surface area contributed by atoms with Gasteiger partial charge in [0.15, 0.2) is 11.5 Å². The molecule has 0 heterocycles. The average molecular weight is 569 g/mol. The quantitative estimate of drug-likeness (QED) is 0.141. The maximum Gasteiger partial charge on any atom is 0.266 e. The van der Waals surface area contributed by atoms with Crippen LogP contribution in [0.25, 0.3) is 6.08 Å². The summed E-state index contributed by atoms with van der Waals surface area (Å²) in [4.78, 5) is 12.8. The summed E-state index contributed by atoms with van der Waals surface area (Å²) in [5.74, 6) is 1.80. The summed E-state index contributed by atoms with van der Waals surface area (Å²) in [6.45, 7) is 3.02. The third-order valence-electron chi connectivity index (χ3n) is 5.92. The lowest BCUT2D eigenvalue weighted by Gasteiger charge is -2.15. The standard InChI is InChI=1S/C33H29ClN2O5/c1-3-39-32-17-24(9-15-31(32)41-21-23-7-5-4-6-8-23)22-40-30-16-10-27(34)19-25(30)18-26(20-35)33(37)36-28-11-13-29(38-2)14-12-28/h4-19H,3,21-22H2,1-2H3,(H,36,37)/b26-18-. The fourth-order valence-corrected chi connectivity index (χ4v) is 4.05. The van der Waals surface area contributed by atoms with Gasteiger partial charge in [-0.3, -0.25) is 4.79 Å². The van der Waals surface area contributed by atoms with Crippen LogP contribution in [0.2, 0.25) is 5.02 Å². The highest BCUT2D eigenvalue weighted by Crippen LogP contribution is 2.31. The first-order chi connectivity index (χ1) is 20.0. The van der Waals surface area contributed by atoms with Gasteiger partial charge in [-0.05, 0) is 78.7 Å². The molecule has 41 heavy (non-hydrogen) atoms. The van der Waals surface area contributed by atoms with Crippen molar-refractivity contribution in [1.29, 1.82) is 5.26 Å². The van der Waals surface area contributed by atoms with Crippen LogP contribution in [0.3, 0.4) is 0 Å². The van der Waals surface area contributed by atoms with Gasteiger partial charge in [-0.25, -0.2) is 0 Å². The second-order valence-corrected chi connectivity index (χ2v) is 9.25. The molecule has 7 nitrogen and oxygen atoms in total. The maximum absolute atomic E-state index is 12.8. The van der Waals surface area contributed by atoms with E-state index < -0.39 is 5.91 Å². The van der Waals surface area contributed by atoms with E-state index in [4.69, 9.17) is 30.5 Å². The van der Waals surface area contributed by atoms with Crippen LogP contribution >= 0.6 is 11.6 Å². The molecule has 1 amide bonds. The Morgan fingerprint density at radius 2 is 1.56 bits per heavy atom. The average Bonchev–Trinajstić information content (AvgIpc) is 3.00. The number of hydrogen-bond acceptors (Lipinski definition) is 6. The lowest BCUT2D eigenvalue weighted by molar-refractivity contribution is -0.112. The van der Waals surface area contributed by atoms with E-state index in [0.717, 1.165) is 11.1 Å². The number of nitriles is 1. The number of carbonyl (C=O) groups excluding carboxylic acids is 1. The van der Waals surface area contributed by atoms with Crippen molar-refractivity contribution >= 4 is 29.3 Å². The third kappa shape index (κ3) is 8.28. The molecule has 0 spiro atoms. The first kappa shape index (κ1) is 29.1. The fraction of sp³-hybridized carbons (Fsp3) is 0.152. The molecule has 8 heteroatoms. The number of carbonyl (C=O) groups is 1. The van der Waals surface area contributed by atoms with Gasteiger partial charge in [0.05, 0.1) is 13.7 Å². The molecule has 0 aliphatic carbocycles. The van der Waals surface area contributed by atoms with Crippen molar-refractivity contribution in [1.82, 2.24) is 0 Å². The zero-order valence-electron chi connectivity index (χ0n) is 22.7. The minimum atomic E-state index is -0.559. The maximum atomic E-state index is 12.8. The summed E-state index contributed by atoms with van der Waals surface area (Å²) in [5, 5.41) is 12.9. The molecule has 0 atom stereocenters. The van der Waals surface area contributed by atoms with Gasteiger partial charge in [0.1, 0.15) is 36.4 Å². The second-order valence-electron chi connectivity index (χ2n) is 8.81. The van der Waals surface area contributed by atoms with E-state index in [1.165, 1.54) is 6.08 Å². The van der Waals surface area contributed by atoms with Crippen molar-refractivity contribution in [3.63, 3.8) is 0 Å². The molecule has 0 fully saturated rings. The van der Waals surface area contributed by atoms with E-state index in [2.05, 4.69) is 5.32 Å². The Balaban J connectivity index is 1.48. The molecule has 0 bridgehead atoms. The highest BCUT2D eigenvalue weighted by atomic mass is 35.5. The number of nitrogens with one attached hydrogen (secondary N) is 1. The van der Waals surface area contributed by atoms with E-state index in [0.29, 0.717) is 52.5 Å². The normalized spacial score (nSPS) is 10.8. The van der Waals surface area contributed by atoms with Crippen LogP contribution in [0, 0.1) is 11.3 Å². The number of ether oxygens (including phenoxy) is 4. The summed E-state index contributed by atoms with van der Waals surface area (Å²) in [6, 6.07) is 29.3. The number of halogens is 1. The van der Waals surface area contributed by atoms with Gasteiger partial charge in [-0.1, -0.05) is 48.0 Å². The minimum Gasteiger partial charge on any atom is -0.497 e. The highest BCUT2D eigenvalue weighted by molar-refractivity contribution is 6.30. The Hall–Kier alpha value is -4.93. The van der Waals surface area contributed by atoms with E-state index >= 15 is 0 Å². The van der Waals surface area contributed by atoms with Gasteiger partial charge >= 0.3 is 0 Å². The van der Waals surface area contributed by atoms with Gasteiger partial charge in [0.2, 0.25) is 0 Å². The molecule has 4 aromatic rings. The largest absolute Gasteiger partial charge is 0.497 e. The Morgan fingerprint density at radius 1 is 0.854 bits per heavy atom. The van der Waals surface area contributed by atoms with Crippen molar-refractivity contribution in [2.24, 2.45) is 0 Å². The molecular formula is C33H29ClN2O5. The van der Waals surface area contributed by atoms with E-state index in [9.17, 15) is 10.1 Å². The number of hydrogen-bond donors (Lipinski definition) is 1. The smallest absolute Gasteiger partial charge is 0.266 e. The first-order valence-corrected chi connectivity index (χ1v) is 13.3. The third-order valence-corrected chi connectivity index (χ3v) is 6.16. The van der Waals surface area contributed by atoms with Gasteiger partial charge in [0, 0.05) is 16.3 Å². The molecule has 0 radical (unpaired) electrons. The van der Waals surface area contributed by atoms with E-state index in [-0.39, 0.29) is 12.2 Å². The van der Waals surface area contributed by atoms with E-state index in [1.54, 1.807) is 49.6 Å². The molecule has 1 N–H and O–H groups in total. The monoisotopic (exact) mass is 568 g/mol. The summed E-state index contributed by atoms with van der Waals surface area (Å²) in [7, 11) is 1.56. The highest BCUT2D eigenvalue weighted by Gasteiger charge is 2.13. The van der Waals surface area contributed by atoms with Crippen LogP contribution in [0.5, 0.6) is 23.0 Å². The molecule has 0 unspecified atom stereocenters. The minimum absolute atomic E-state index is 0.105. The summed E-state index contributed by atoms with van der Waals surface area (Å²) in [6.07, 6.45) is 1.45. The molecule has 4 aromatic carbocycles. The van der Waals surface area contributed by atoms with Crippen molar-refractivity contribution in [3.05, 3.63) is 118 Å². The number of anilines is 1. The summed E-state index contributed by atoms with van der Waals surface area (Å²) >= 11 is 6.23. The molecule has 0 saturated carbocycles. The Morgan fingerprint density at radius 3 is 2.27 bits per heavy atom. The SMILES string of the molecule is CCOc1cc(COc2ccc(Cl)cc2/C=C(/C#N)C(=O)Nc2ccc(OC)cc2)ccc1OCc1ccccc1. The Labute approximate surface area is 244 Å². The van der Waals surface area contributed by atoms with Gasteiger partial charge in [-0.15, -0.1) is 0 Å². The molecular weight excluding hydrogens is 540 g/mol. The first-order valence-electron chi connectivity index (χ1n) is 12.9. The van der Waals surface area contributed by atoms with Gasteiger partial charge in [0.25, 0.3) is 5.91 Å². The van der Waals surface area contributed by atoms with Crippen LogP contribution in [0.4, 0.5) is 5.69 Å². The summed E-state index contributed by atoms with van der Waals surface area (Å²) in [5.41, 5.74) is 2.82. The molecule has 0 aliphatic rings. The van der Waals surface area contributed by atoms with Crippen molar-refractivity contribution < 1.29 is 23.7 Å². The Bertz CT molecular complexity index is 1550. The zero-order chi connectivity index (χ0) is 29.0. The number of benzene rings is 4. The zero-order valence-corrected chi connectivity index (χ0v) is 23.5. The van der Waals surface area contributed by atoms with Crippen LogP contribution in [-0.2, 0) is 18.0 Å². The molecule has 208 valence electrons.